The van der Waals surface area contributed by atoms with Crippen LogP contribution in [0.1, 0.15) is 28.8 Å². The molecule has 4 heteroatoms. The van der Waals surface area contributed by atoms with E-state index in [-0.39, 0.29) is 5.78 Å². The molecule has 2 fully saturated rings. The minimum absolute atomic E-state index is 0.152. The maximum atomic E-state index is 13.1. The Bertz CT molecular complexity index is 1110. The number of Topliss-reactive ketones (excluding diaryl/α,β-unsaturated/α-hetero) is 1. The second-order valence-electron chi connectivity index (χ2n) is 9.75. The number of carbonyl (C=O) groups is 1. The van der Waals surface area contributed by atoms with Gasteiger partial charge in [-0.1, -0.05) is 60.7 Å². The standard InChI is InChI=1S/C29H31NO3/c1-33-27-12-6-10-23(14-27)22-9-5-11-24(13-22)28(31)20-30-18-25-16-29(32,17-26(25)19-30)15-21-7-3-2-4-8-21/h2-14,25-26,32H,15-20H2,1H3. The molecule has 5 rings (SSSR count). The van der Waals surface area contributed by atoms with E-state index in [1.807, 2.05) is 66.7 Å². The fraction of sp³-hybridized carbons (Fsp3) is 0.345. The van der Waals surface area contributed by atoms with E-state index in [9.17, 15) is 9.90 Å². The van der Waals surface area contributed by atoms with E-state index >= 15 is 0 Å². The molecule has 1 saturated heterocycles. The van der Waals surface area contributed by atoms with Gasteiger partial charge in [-0.15, -0.1) is 0 Å². The van der Waals surface area contributed by atoms with Crippen LogP contribution in [0, 0.1) is 11.8 Å². The predicted molar refractivity (Wildman–Crippen MR) is 131 cm³/mol. The van der Waals surface area contributed by atoms with Crippen molar-refractivity contribution >= 4 is 5.78 Å². The zero-order valence-electron chi connectivity index (χ0n) is 19.1. The molecule has 4 nitrogen and oxygen atoms in total. The van der Waals surface area contributed by atoms with Gasteiger partial charge < -0.3 is 9.84 Å². The van der Waals surface area contributed by atoms with Crippen LogP contribution >= 0.6 is 0 Å². The first-order valence-electron chi connectivity index (χ1n) is 11.8. The third kappa shape index (κ3) is 4.87. The molecule has 1 heterocycles. The first-order chi connectivity index (χ1) is 16.0. The zero-order valence-corrected chi connectivity index (χ0v) is 19.1. The van der Waals surface area contributed by atoms with Gasteiger partial charge in [-0.3, -0.25) is 9.69 Å². The summed E-state index contributed by atoms with van der Waals surface area (Å²) in [6.07, 6.45) is 2.36. The number of benzene rings is 3. The molecule has 33 heavy (non-hydrogen) atoms. The molecule has 2 atom stereocenters. The van der Waals surface area contributed by atoms with Gasteiger partial charge >= 0.3 is 0 Å². The number of aliphatic hydroxyl groups is 1. The third-order valence-electron chi connectivity index (χ3n) is 7.27. The van der Waals surface area contributed by atoms with Gasteiger partial charge in [-0.2, -0.15) is 0 Å². The number of fused-ring (bicyclic) bond motifs is 1. The zero-order chi connectivity index (χ0) is 22.8. The Kier molecular flexibility index (Phi) is 6.05. The molecule has 0 bridgehead atoms. The van der Waals surface area contributed by atoms with E-state index in [1.54, 1.807) is 7.11 Å². The molecule has 0 radical (unpaired) electrons. The Labute approximate surface area is 195 Å². The number of likely N-dealkylation sites (tertiary alicyclic amines) is 1. The Morgan fingerprint density at radius 3 is 2.30 bits per heavy atom. The molecule has 3 aromatic rings. The molecular formula is C29H31NO3. The van der Waals surface area contributed by atoms with Crippen LogP contribution in [0.3, 0.4) is 0 Å². The molecule has 0 amide bonds. The Balaban J connectivity index is 1.20. The molecule has 0 spiro atoms. The highest BCUT2D eigenvalue weighted by Gasteiger charge is 2.48. The monoisotopic (exact) mass is 441 g/mol. The molecule has 0 aromatic heterocycles. The predicted octanol–water partition coefficient (Wildman–Crippen LogP) is 4.86. The minimum Gasteiger partial charge on any atom is -0.497 e. The van der Waals surface area contributed by atoms with Crippen molar-refractivity contribution in [3.8, 4) is 16.9 Å². The number of hydrogen-bond acceptors (Lipinski definition) is 4. The Morgan fingerprint density at radius 1 is 0.939 bits per heavy atom. The number of ketones is 1. The highest BCUT2D eigenvalue weighted by atomic mass is 16.5. The summed E-state index contributed by atoms with van der Waals surface area (Å²) in [7, 11) is 1.66. The summed E-state index contributed by atoms with van der Waals surface area (Å²) in [6, 6.07) is 26.0. The Morgan fingerprint density at radius 2 is 1.61 bits per heavy atom. The highest BCUT2D eigenvalue weighted by Crippen LogP contribution is 2.45. The first kappa shape index (κ1) is 21.9. The SMILES string of the molecule is COc1cccc(-c2cccc(C(=O)CN3CC4CC(O)(Cc5ccccc5)CC4C3)c2)c1. The molecule has 3 aromatic carbocycles. The van der Waals surface area contributed by atoms with Gasteiger partial charge in [0.15, 0.2) is 5.78 Å². The normalized spacial score (nSPS) is 24.5. The van der Waals surface area contributed by atoms with Crippen molar-refractivity contribution in [2.75, 3.05) is 26.7 Å². The molecule has 1 aliphatic carbocycles. The van der Waals surface area contributed by atoms with Crippen LogP contribution in [0.5, 0.6) is 5.75 Å². The van der Waals surface area contributed by atoms with Crippen molar-refractivity contribution in [3.63, 3.8) is 0 Å². The topological polar surface area (TPSA) is 49.8 Å². The number of rotatable bonds is 7. The van der Waals surface area contributed by atoms with Crippen molar-refractivity contribution in [1.29, 1.82) is 0 Å². The fourth-order valence-corrected chi connectivity index (χ4v) is 5.78. The molecule has 170 valence electrons. The van der Waals surface area contributed by atoms with Crippen LogP contribution in [0.25, 0.3) is 11.1 Å². The highest BCUT2D eigenvalue weighted by molar-refractivity contribution is 5.98. The maximum Gasteiger partial charge on any atom is 0.176 e. The van der Waals surface area contributed by atoms with Crippen LogP contribution in [0.4, 0.5) is 0 Å². The second-order valence-corrected chi connectivity index (χ2v) is 9.75. The summed E-state index contributed by atoms with van der Waals surface area (Å²) in [5, 5.41) is 11.2. The fourth-order valence-electron chi connectivity index (χ4n) is 5.78. The van der Waals surface area contributed by atoms with Crippen LogP contribution in [0.15, 0.2) is 78.9 Å². The van der Waals surface area contributed by atoms with Crippen molar-refractivity contribution in [3.05, 3.63) is 90.0 Å². The van der Waals surface area contributed by atoms with E-state index in [1.165, 1.54) is 5.56 Å². The van der Waals surface area contributed by atoms with Crippen LogP contribution < -0.4 is 4.74 Å². The number of methoxy groups -OCH3 is 1. The smallest absolute Gasteiger partial charge is 0.176 e. The third-order valence-corrected chi connectivity index (χ3v) is 7.27. The van der Waals surface area contributed by atoms with E-state index < -0.39 is 5.60 Å². The molecule has 1 aliphatic heterocycles. The van der Waals surface area contributed by atoms with Crippen molar-refractivity contribution in [1.82, 2.24) is 4.90 Å². The number of ether oxygens (including phenoxy) is 1. The second kappa shape index (κ2) is 9.12. The molecule has 1 saturated carbocycles. The van der Waals surface area contributed by atoms with Crippen molar-refractivity contribution < 1.29 is 14.6 Å². The quantitative estimate of drug-likeness (QED) is 0.532. The minimum atomic E-state index is -0.613. The average Bonchev–Trinajstić information content (AvgIpc) is 3.33. The number of carbonyl (C=O) groups excluding carboxylic acids is 1. The summed E-state index contributed by atoms with van der Waals surface area (Å²) in [5.74, 6) is 1.89. The van der Waals surface area contributed by atoms with Gasteiger partial charge in [0.05, 0.1) is 19.3 Å². The molecule has 2 unspecified atom stereocenters. The lowest BCUT2D eigenvalue weighted by atomic mass is 9.91. The van der Waals surface area contributed by atoms with Gasteiger partial charge in [0.25, 0.3) is 0 Å². The molecule has 2 aliphatic rings. The van der Waals surface area contributed by atoms with E-state index in [0.717, 1.165) is 54.8 Å². The lowest BCUT2D eigenvalue weighted by Crippen LogP contribution is -2.34. The van der Waals surface area contributed by atoms with Gasteiger partial charge in [0.1, 0.15) is 5.75 Å². The van der Waals surface area contributed by atoms with Crippen molar-refractivity contribution in [2.24, 2.45) is 11.8 Å². The number of nitrogens with zero attached hydrogens (tertiary/aromatic N) is 1. The Hall–Kier alpha value is -2.95. The van der Waals surface area contributed by atoms with Crippen LogP contribution in [0.2, 0.25) is 0 Å². The molecule has 1 N–H and O–H groups in total. The summed E-state index contributed by atoms with van der Waals surface area (Å²) >= 11 is 0. The first-order valence-corrected chi connectivity index (χ1v) is 11.8. The summed E-state index contributed by atoms with van der Waals surface area (Å²) in [4.78, 5) is 15.4. The lowest BCUT2D eigenvalue weighted by Gasteiger charge is -2.26. The van der Waals surface area contributed by atoms with Gasteiger partial charge in [-0.25, -0.2) is 0 Å². The van der Waals surface area contributed by atoms with Gasteiger partial charge in [0, 0.05) is 25.1 Å². The number of hydrogen-bond donors (Lipinski definition) is 1. The van der Waals surface area contributed by atoms with E-state index in [4.69, 9.17) is 4.74 Å². The maximum absolute atomic E-state index is 13.1. The molecular weight excluding hydrogens is 410 g/mol. The van der Waals surface area contributed by atoms with E-state index in [0.29, 0.717) is 18.4 Å². The average molecular weight is 442 g/mol. The van der Waals surface area contributed by atoms with Gasteiger partial charge in [0.2, 0.25) is 0 Å². The summed E-state index contributed by atoms with van der Waals surface area (Å²) in [5.41, 5.74) is 3.38. The largest absolute Gasteiger partial charge is 0.497 e. The lowest BCUT2D eigenvalue weighted by molar-refractivity contribution is 0.0355. The van der Waals surface area contributed by atoms with Crippen LogP contribution in [-0.2, 0) is 6.42 Å². The van der Waals surface area contributed by atoms with Crippen molar-refractivity contribution in [2.45, 2.75) is 24.9 Å². The summed E-state index contributed by atoms with van der Waals surface area (Å²) < 4.78 is 5.34. The summed E-state index contributed by atoms with van der Waals surface area (Å²) in [6.45, 7) is 2.22. The van der Waals surface area contributed by atoms with E-state index in [2.05, 4.69) is 17.0 Å². The van der Waals surface area contributed by atoms with Crippen LogP contribution in [-0.4, -0.2) is 48.1 Å². The van der Waals surface area contributed by atoms with Gasteiger partial charge in [-0.05, 0) is 59.6 Å².